The number of carbonyl (C=O) groups is 2. The molecule has 1 aliphatic rings. The number of nitrogens with one attached hydrogen (secondary N) is 1. The first-order valence-corrected chi connectivity index (χ1v) is 6.52. The average molecular weight is 254 g/mol. The van der Waals surface area contributed by atoms with Crippen LogP contribution >= 0.6 is 0 Å². The van der Waals surface area contributed by atoms with Gasteiger partial charge in [-0.1, -0.05) is 6.42 Å². The van der Waals surface area contributed by atoms with Crippen molar-refractivity contribution < 1.29 is 14.7 Å². The van der Waals surface area contributed by atoms with E-state index in [4.69, 9.17) is 5.11 Å². The first kappa shape index (κ1) is 14.7. The van der Waals surface area contributed by atoms with Gasteiger partial charge in [0, 0.05) is 31.3 Å². The Morgan fingerprint density at radius 1 is 1.39 bits per heavy atom. The second-order valence-corrected chi connectivity index (χ2v) is 4.70. The topological polar surface area (TPSA) is 69.6 Å². The monoisotopic (exact) mass is 254 g/mol. The maximum Gasteiger partial charge on any atom is 0.328 e. The maximum absolute atomic E-state index is 11.2. The van der Waals surface area contributed by atoms with Gasteiger partial charge in [-0.05, 0) is 32.7 Å². The van der Waals surface area contributed by atoms with Gasteiger partial charge in [-0.25, -0.2) is 4.79 Å². The summed E-state index contributed by atoms with van der Waals surface area (Å²) in [5, 5.41) is 11.0. The molecule has 0 aromatic rings. The number of carbonyl (C=O) groups excluding carboxylic acids is 1. The molecule has 18 heavy (non-hydrogen) atoms. The largest absolute Gasteiger partial charge is 0.478 e. The molecule has 2 N–H and O–H groups in total. The van der Waals surface area contributed by atoms with E-state index < -0.39 is 5.97 Å². The molecule has 102 valence electrons. The summed E-state index contributed by atoms with van der Waals surface area (Å²) in [6.07, 6.45) is 6.63. The van der Waals surface area contributed by atoms with E-state index in [1.54, 1.807) is 0 Å². The fraction of sp³-hybridized carbons (Fsp3) is 0.692. The summed E-state index contributed by atoms with van der Waals surface area (Å²) in [4.78, 5) is 23.8. The third-order valence-electron chi connectivity index (χ3n) is 3.24. The molecule has 5 heteroatoms. The van der Waals surface area contributed by atoms with Crippen LogP contribution in [0.2, 0.25) is 0 Å². The summed E-state index contributed by atoms with van der Waals surface area (Å²) in [7, 11) is 0. The molecule has 1 amide bonds. The zero-order chi connectivity index (χ0) is 13.4. The number of piperidine rings is 1. The molecule has 1 aliphatic heterocycles. The van der Waals surface area contributed by atoms with Crippen LogP contribution in [0.25, 0.3) is 0 Å². The van der Waals surface area contributed by atoms with Gasteiger partial charge in [-0.15, -0.1) is 0 Å². The fourth-order valence-electron chi connectivity index (χ4n) is 2.19. The number of carboxylic acids is 1. The minimum Gasteiger partial charge on any atom is -0.478 e. The molecule has 1 fully saturated rings. The predicted molar refractivity (Wildman–Crippen MR) is 69.3 cm³/mol. The van der Waals surface area contributed by atoms with Gasteiger partial charge in [0.2, 0.25) is 5.91 Å². The summed E-state index contributed by atoms with van der Waals surface area (Å²) in [5.41, 5.74) is 0. The first-order chi connectivity index (χ1) is 8.59. The Hall–Kier alpha value is -1.36. The van der Waals surface area contributed by atoms with Gasteiger partial charge in [-0.3, -0.25) is 4.79 Å². The fourth-order valence-corrected chi connectivity index (χ4v) is 2.19. The second-order valence-electron chi connectivity index (χ2n) is 4.70. The molecule has 0 radical (unpaired) electrons. The summed E-state index contributed by atoms with van der Waals surface area (Å²) < 4.78 is 0. The third-order valence-corrected chi connectivity index (χ3v) is 3.24. The van der Waals surface area contributed by atoms with Crippen molar-refractivity contribution in [3.63, 3.8) is 0 Å². The van der Waals surface area contributed by atoms with Crippen molar-refractivity contribution in [3.8, 4) is 0 Å². The highest BCUT2D eigenvalue weighted by molar-refractivity contribution is 5.93. The highest BCUT2D eigenvalue weighted by Gasteiger charge is 2.16. The quantitative estimate of drug-likeness (QED) is 0.548. The smallest absolute Gasteiger partial charge is 0.328 e. The Labute approximate surface area is 108 Å². The summed E-state index contributed by atoms with van der Waals surface area (Å²) >= 11 is 0. The van der Waals surface area contributed by atoms with Crippen molar-refractivity contribution in [1.29, 1.82) is 0 Å². The zero-order valence-electron chi connectivity index (χ0n) is 10.9. The Morgan fingerprint density at radius 2 is 2.17 bits per heavy atom. The van der Waals surface area contributed by atoms with E-state index >= 15 is 0 Å². The van der Waals surface area contributed by atoms with Gasteiger partial charge in [0.1, 0.15) is 0 Å². The van der Waals surface area contributed by atoms with Crippen LogP contribution in [0.5, 0.6) is 0 Å². The molecule has 1 rings (SSSR count). The maximum atomic E-state index is 11.2. The summed E-state index contributed by atoms with van der Waals surface area (Å²) in [6, 6.07) is 0.640. The summed E-state index contributed by atoms with van der Waals surface area (Å²) in [6.45, 7) is 4.97. The van der Waals surface area contributed by atoms with Gasteiger partial charge in [0.05, 0.1) is 0 Å². The molecule has 0 spiro atoms. The Balaban J connectivity index is 2.10. The highest BCUT2D eigenvalue weighted by atomic mass is 16.4. The molecular formula is C13H22N2O3. The molecule has 1 atom stereocenters. The molecule has 0 aromatic carbocycles. The van der Waals surface area contributed by atoms with Crippen molar-refractivity contribution in [2.45, 2.75) is 38.6 Å². The third kappa shape index (κ3) is 5.82. The molecule has 0 aliphatic carbocycles. The molecule has 1 saturated heterocycles. The van der Waals surface area contributed by atoms with Gasteiger partial charge >= 0.3 is 5.97 Å². The number of nitrogens with zero attached hydrogens (tertiary/aromatic N) is 1. The second kappa shape index (κ2) is 7.87. The molecule has 5 nitrogen and oxygen atoms in total. The van der Waals surface area contributed by atoms with Gasteiger partial charge in [0.15, 0.2) is 0 Å². The Kier molecular flexibility index (Phi) is 6.43. The van der Waals surface area contributed by atoms with Gasteiger partial charge in [-0.2, -0.15) is 0 Å². The van der Waals surface area contributed by atoms with Crippen molar-refractivity contribution in [2.75, 3.05) is 19.6 Å². The molecule has 0 bridgehead atoms. The van der Waals surface area contributed by atoms with Gasteiger partial charge in [0.25, 0.3) is 0 Å². The van der Waals surface area contributed by atoms with E-state index in [-0.39, 0.29) is 5.91 Å². The number of carboxylic acid groups (broad SMARTS) is 1. The molecule has 1 heterocycles. The molecule has 0 saturated carbocycles. The first-order valence-electron chi connectivity index (χ1n) is 6.52. The van der Waals surface area contributed by atoms with E-state index in [2.05, 4.69) is 17.1 Å². The number of hydrogen-bond acceptors (Lipinski definition) is 3. The lowest BCUT2D eigenvalue weighted by molar-refractivity contribution is -0.131. The van der Waals surface area contributed by atoms with E-state index in [0.29, 0.717) is 12.6 Å². The average Bonchev–Trinajstić information content (AvgIpc) is 2.34. The SMILES string of the molecule is CC1CCCCN1CCCNC(=O)/C=C/C(=O)O. The lowest BCUT2D eigenvalue weighted by Crippen LogP contribution is -2.39. The van der Waals surface area contributed by atoms with Crippen LogP contribution in [0.1, 0.15) is 32.6 Å². The lowest BCUT2D eigenvalue weighted by atomic mass is 10.0. The van der Waals surface area contributed by atoms with Crippen LogP contribution in [0.15, 0.2) is 12.2 Å². The number of likely N-dealkylation sites (tertiary alicyclic amines) is 1. The van der Waals surface area contributed by atoms with E-state index in [1.807, 2.05) is 0 Å². The summed E-state index contributed by atoms with van der Waals surface area (Å²) in [5.74, 6) is -1.45. The zero-order valence-corrected chi connectivity index (χ0v) is 10.9. The Morgan fingerprint density at radius 3 is 2.83 bits per heavy atom. The molecule has 1 unspecified atom stereocenters. The van der Waals surface area contributed by atoms with Crippen LogP contribution in [-0.4, -0.2) is 47.6 Å². The minimum atomic E-state index is -1.10. The van der Waals surface area contributed by atoms with Crippen LogP contribution in [0, 0.1) is 0 Å². The normalized spacial score (nSPS) is 21.1. The van der Waals surface area contributed by atoms with Crippen LogP contribution in [0.4, 0.5) is 0 Å². The van der Waals surface area contributed by atoms with Crippen molar-refractivity contribution in [2.24, 2.45) is 0 Å². The predicted octanol–water partition coefficient (Wildman–Crippen LogP) is 1.01. The van der Waals surface area contributed by atoms with Gasteiger partial charge < -0.3 is 15.3 Å². The van der Waals surface area contributed by atoms with Crippen molar-refractivity contribution in [3.05, 3.63) is 12.2 Å². The highest BCUT2D eigenvalue weighted by Crippen LogP contribution is 2.15. The lowest BCUT2D eigenvalue weighted by Gasteiger charge is -2.33. The van der Waals surface area contributed by atoms with Crippen LogP contribution in [-0.2, 0) is 9.59 Å². The van der Waals surface area contributed by atoms with Crippen LogP contribution in [0.3, 0.4) is 0 Å². The number of aliphatic carboxylic acids is 1. The van der Waals surface area contributed by atoms with Crippen molar-refractivity contribution in [1.82, 2.24) is 10.2 Å². The number of hydrogen-bond donors (Lipinski definition) is 2. The molecular weight excluding hydrogens is 232 g/mol. The molecule has 0 aromatic heterocycles. The number of amides is 1. The van der Waals surface area contributed by atoms with E-state index in [1.165, 1.54) is 19.3 Å². The Bertz CT molecular complexity index is 315. The van der Waals surface area contributed by atoms with Crippen LogP contribution < -0.4 is 5.32 Å². The minimum absolute atomic E-state index is 0.343. The van der Waals surface area contributed by atoms with E-state index in [0.717, 1.165) is 31.7 Å². The van der Waals surface area contributed by atoms with Crippen molar-refractivity contribution >= 4 is 11.9 Å². The number of rotatable bonds is 6. The van der Waals surface area contributed by atoms with E-state index in [9.17, 15) is 9.59 Å². The standard InChI is InChI=1S/C13H22N2O3/c1-11-5-2-3-9-15(11)10-4-8-14-12(16)6-7-13(17)18/h6-7,11H,2-5,8-10H2,1H3,(H,14,16)(H,17,18)/b7-6+.